The van der Waals surface area contributed by atoms with Crippen molar-refractivity contribution in [1.29, 1.82) is 0 Å². The Balaban J connectivity index is 1.92. The Morgan fingerprint density at radius 2 is 1.69 bits per heavy atom. The summed E-state index contributed by atoms with van der Waals surface area (Å²) in [5.41, 5.74) is 5.08. The van der Waals surface area contributed by atoms with E-state index in [0.29, 0.717) is 22.6 Å². The molecule has 1 atom stereocenters. The van der Waals surface area contributed by atoms with E-state index in [9.17, 15) is 14.7 Å². The number of hydrogen-bond acceptors (Lipinski definition) is 4. The monoisotopic (exact) mass is 469 g/mol. The maximum atomic E-state index is 13.4. The SMILES string of the molecule is CCc1ccc(/C(O)=C2\C(=O)C(=O)N(c3ccc(C)c(C)c3)C2c2cccc(OC(C)C)c2)cc1. The number of Topliss-reactive ketones (excluding diaryl/α,β-unsaturated/α-hetero) is 1. The molecule has 1 N–H and O–H groups in total. The van der Waals surface area contributed by atoms with Crippen molar-refractivity contribution in [3.05, 3.63) is 100 Å². The molecule has 180 valence electrons. The molecule has 5 nitrogen and oxygen atoms in total. The first-order chi connectivity index (χ1) is 16.7. The lowest BCUT2D eigenvalue weighted by Gasteiger charge is -2.26. The van der Waals surface area contributed by atoms with E-state index in [1.165, 1.54) is 4.90 Å². The second kappa shape index (κ2) is 9.79. The molecule has 4 rings (SSSR count). The number of ketones is 1. The van der Waals surface area contributed by atoms with Gasteiger partial charge in [0, 0.05) is 11.3 Å². The summed E-state index contributed by atoms with van der Waals surface area (Å²) in [6.45, 7) is 9.89. The topological polar surface area (TPSA) is 66.8 Å². The van der Waals surface area contributed by atoms with Gasteiger partial charge in [0.15, 0.2) is 0 Å². The minimum Gasteiger partial charge on any atom is -0.507 e. The summed E-state index contributed by atoms with van der Waals surface area (Å²) >= 11 is 0. The maximum Gasteiger partial charge on any atom is 0.300 e. The van der Waals surface area contributed by atoms with Gasteiger partial charge in [-0.3, -0.25) is 14.5 Å². The lowest BCUT2D eigenvalue weighted by molar-refractivity contribution is -0.132. The molecule has 1 fully saturated rings. The number of hydrogen-bond donors (Lipinski definition) is 1. The molecule has 0 aliphatic carbocycles. The summed E-state index contributed by atoms with van der Waals surface area (Å²) in [5.74, 6) is -0.923. The first-order valence-electron chi connectivity index (χ1n) is 12.0. The zero-order valence-electron chi connectivity index (χ0n) is 20.8. The van der Waals surface area contributed by atoms with Crippen molar-refractivity contribution in [2.75, 3.05) is 4.90 Å². The molecule has 1 amide bonds. The molecule has 3 aromatic rings. The largest absolute Gasteiger partial charge is 0.507 e. The average Bonchev–Trinajstić information content (AvgIpc) is 3.10. The van der Waals surface area contributed by atoms with Gasteiger partial charge in [0.25, 0.3) is 11.7 Å². The van der Waals surface area contributed by atoms with Gasteiger partial charge in [0.1, 0.15) is 11.5 Å². The van der Waals surface area contributed by atoms with Gasteiger partial charge in [0.2, 0.25) is 0 Å². The Hall–Kier alpha value is -3.86. The Morgan fingerprint density at radius 1 is 0.971 bits per heavy atom. The highest BCUT2D eigenvalue weighted by molar-refractivity contribution is 6.51. The Kier molecular flexibility index (Phi) is 6.79. The van der Waals surface area contributed by atoms with Crippen LogP contribution >= 0.6 is 0 Å². The number of anilines is 1. The molecule has 1 unspecified atom stereocenters. The normalized spacial score (nSPS) is 17.3. The van der Waals surface area contributed by atoms with E-state index >= 15 is 0 Å². The molecule has 1 aliphatic heterocycles. The smallest absolute Gasteiger partial charge is 0.300 e. The molecule has 0 bridgehead atoms. The molecule has 3 aromatic carbocycles. The maximum absolute atomic E-state index is 13.4. The van der Waals surface area contributed by atoms with Gasteiger partial charge in [0.05, 0.1) is 17.7 Å². The highest BCUT2D eigenvalue weighted by Crippen LogP contribution is 2.43. The van der Waals surface area contributed by atoms with E-state index in [1.54, 1.807) is 12.1 Å². The molecule has 1 heterocycles. The van der Waals surface area contributed by atoms with E-state index < -0.39 is 17.7 Å². The summed E-state index contributed by atoms with van der Waals surface area (Å²) in [6, 6.07) is 19.6. The minimum atomic E-state index is -0.793. The van der Waals surface area contributed by atoms with Crippen LogP contribution in [-0.4, -0.2) is 22.9 Å². The van der Waals surface area contributed by atoms with Crippen molar-refractivity contribution in [3.63, 3.8) is 0 Å². The van der Waals surface area contributed by atoms with Gasteiger partial charge < -0.3 is 9.84 Å². The summed E-state index contributed by atoms with van der Waals surface area (Å²) in [6.07, 6.45) is 0.828. The standard InChI is InChI=1S/C30H31NO4/c1-6-21-11-13-22(14-12-21)28(32)26-27(23-8-7-9-25(17-23)35-18(2)3)31(30(34)29(26)33)24-15-10-19(4)20(5)16-24/h7-18,27,32H,6H2,1-5H3/b28-26+. The van der Waals surface area contributed by atoms with Gasteiger partial charge >= 0.3 is 0 Å². The van der Waals surface area contributed by atoms with Crippen molar-refractivity contribution in [2.24, 2.45) is 0 Å². The number of carbonyl (C=O) groups excluding carboxylic acids is 2. The molecule has 5 heteroatoms. The highest BCUT2D eigenvalue weighted by atomic mass is 16.5. The van der Waals surface area contributed by atoms with Crippen molar-refractivity contribution >= 4 is 23.1 Å². The van der Waals surface area contributed by atoms with Crippen molar-refractivity contribution in [3.8, 4) is 5.75 Å². The molecule has 0 aromatic heterocycles. The predicted octanol–water partition coefficient (Wildman–Crippen LogP) is 6.28. The van der Waals surface area contributed by atoms with E-state index in [2.05, 4.69) is 6.92 Å². The second-order valence-electron chi connectivity index (χ2n) is 9.23. The molecule has 0 radical (unpaired) electrons. The van der Waals surface area contributed by atoms with Crippen molar-refractivity contribution in [1.82, 2.24) is 0 Å². The second-order valence-corrected chi connectivity index (χ2v) is 9.23. The Labute approximate surface area is 206 Å². The van der Waals surface area contributed by atoms with Crippen LogP contribution in [0.25, 0.3) is 5.76 Å². The van der Waals surface area contributed by atoms with E-state index in [0.717, 1.165) is 23.1 Å². The molecule has 1 saturated heterocycles. The number of benzene rings is 3. The summed E-state index contributed by atoms with van der Waals surface area (Å²) in [7, 11) is 0. The quantitative estimate of drug-likeness (QED) is 0.262. The molecular weight excluding hydrogens is 438 g/mol. The van der Waals surface area contributed by atoms with E-state index in [4.69, 9.17) is 4.74 Å². The van der Waals surface area contributed by atoms with Gasteiger partial charge in [-0.25, -0.2) is 0 Å². The highest BCUT2D eigenvalue weighted by Gasteiger charge is 2.47. The molecule has 35 heavy (non-hydrogen) atoms. The molecular formula is C30H31NO4. The number of amides is 1. The Morgan fingerprint density at radius 3 is 2.31 bits per heavy atom. The zero-order chi connectivity index (χ0) is 25.3. The third-order valence-electron chi connectivity index (χ3n) is 6.39. The van der Waals surface area contributed by atoms with Gasteiger partial charge in [-0.1, -0.05) is 49.4 Å². The number of rotatable bonds is 6. The van der Waals surface area contributed by atoms with Gasteiger partial charge in [-0.05, 0) is 80.6 Å². The lowest BCUT2D eigenvalue weighted by Crippen LogP contribution is -2.29. The number of nitrogens with zero attached hydrogens (tertiary/aromatic N) is 1. The third kappa shape index (κ3) is 4.72. The van der Waals surface area contributed by atoms with Crippen LogP contribution in [0.2, 0.25) is 0 Å². The molecule has 1 aliphatic rings. The summed E-state index contributed by atoms with van der Waals surface area (Å²) < 4.78 is 5.88. The zero-order valence-corrected chi connectivity index (χ0v) is 20.8. The van der Waals surface area contributed by atoms with Crippen LogP contribution < -0.4 is 9.64 Å². The van der Waals surface area contributed by atoms with Crippen LogP contribution in [0, 0.1) is 13.8 Å². The van der Waals surface area contributed by atoms with Gasteiger partial charge in [-0.15, -0.1) is 0 Å². The summed E-state index contributed by atoms with van der Waals surface area (Å²) in [5, 5.41) is 11.3. The molecule has 0 spiro atoms. The van der Waals surface area contributed by atoms with E-state index in [-0.39, 0.29) is 17.4 Å². The van der Waals surface area contributed by atoms with Crippen LogP contribution in [-0.2, 0) is 16.0 Å². The number of carbonyl (C=O) groups is 2. The fraction of sp³-hybridized carbons (Fsp3) is 0.267. The predicted molar refractivity (Wildman–Crippen MR) is 139 cm³/mol. The number of ether oxygens (including phenoxy) is 1. The van der Waals surface area contributed by atoms with Crippen LogP contribution in [0.3, 0.4) is 0 Å². The average molecular weight is 470 g/mol. The van der Waals surface area contributed by atoms with Crippen LogP contribution in [0.4, 0.5) is 5.69 Å². The molecule has 0 saturated carbocycles. The number of aliphatic hydroxyl groups is 1. The van der Waals surface area contributed by atoms with Crippen molar-refractivity contribution < 1.29 is 19.4 Å². The number of aryl methyl sites for hydroxylation is 3. The van der Waals surface area contributed by atoms with Crippen LogP contribution in [0.15, 0.2) is 72.3 Å². The third-order valence-corrected chi connectivity index (χ3v) is 6.39. The Bertz CT molecular complexity index is 1300. The fourth-order valence-corrected chi connectivity index (χ4v) is 4.37. The van der Waals surface area contributed by atoms with Crippen LogP contribution in [0.1, 0.15) is 54.6 Å². The fourth-order valence-electron chi connectivity index (χ4n) is 4.37. The summed E-state index contributed by atoms with van der Waals surface area (Å²) in [4.78, 5) is 28.3. The minimum absolute atomic E-state index is 0.0339. The number of aliphatic hydroxyl groups excluding tert-OH is 1. The van der Waals surface area contributed by atoms with Crippen molar-refractivity contribution in [2.45, 2.75) is 53.2 Å². The lowest BCUT2D eigenvalue weighted by atomic mass is 9.94. The first kappa shape index (κ1) is 24.3. The van der Waals surface area contributed by atoms with Crippen LogP contribution in [0.5, 0.6) is 5.75 Å². The van der Waals surface area contributed by atoms with Gasteiger partial charge in [-0.2, -0.15) is 0 Å². The van der Waals surface area contributed by atoms with E-state index in [1.807, 2.05) is 82.3 Å². The first-order valence-corrected chi connectivity index (χ1v) is 12.0.